The fourth-order valence-corrected chi connectivity index (χ4v) is 4.03. The SMILES string of the molecule is CC.CC.Nc1n[nH]c2c(F)c(-c3ccc(NS(=O)(=O)C4CC4)cc3)ccc12. The van der Waals surface area contributed by atoms with Crippen molar-refractivity contribution in [3.05, 3.63) is 42.2 Å². The molecule has 0 spiro atoms. The summed E-state index contributed by atoms with van der Waals surface area (Å²) in [5.74, 6) is -0.191. The largest absolute Gasteiger partial charge is 0.382 e. The molecule has 3 aromatic rings. The van der Waals surface area contributed by atoms with Crippen LogP contribution in [0.1, 0.15) is 40.5 Å². The highest BCUT2D eigenvalue weighted by atomic mass is 32.2. The van der Waals surface area contributed by atoms with E-state index in [0.717, 1.165) is 0 Å². The van der Waals surface area contributed by atoms with Crippen LogP contribution in [-0.4, -0.2) is 23.9 Å². The highest BCUT2D eigenvalue weighted by Gasteiger charge is 2.35. The average Bonchev–Trinajstić information content (AvgIpc) is 3.51. The number of halogens is 1. The van der Waals surface area contributed by atoms with Crippen molar-refractivity contribution in [3.8, 4) is 11.1 Å². The Morgan fingerprint density at radius 3 is 2.25 bits per heavy atom. The number of anilines is 2. The van der Waals surface area contributed by atoms with Gasteiger partial charge in [0, 0.05) is 16.6 Å². The minimum Gasteiger partial charge on any atom is -0.382 e. The summed E-state index contributed by atoms with van der Waals surface area (Å²) in [5.41, 5.74) is 7.42. The van der Waals surface area contributed by atoms with Crippen LogP contribution in [0.3, 0.4) is 0 Å². The van der Waals surface area contributed by atoms with E-state index < -0.39 is 15.8 Å². The quantitative estimate of drug-likeness (QED) is 0.573. The van der Waals surface area contributed by atoms with Gasteiger partial charge in [-0.1, -0.05) is 45.9 Å². The van der Waals surface area contributed by atoms with Crippen LogP contribution in [0.2, 0.25) is 0 Å². The molecule has 1 aromatic heterocycles. The summed E-state index contributed by atoms with van der Waals surface area (Å²) in [6, 6.07) is 9.94. The van der Waals surface area contributed by atoms with Crippen molar-refractivity contribution >= 4 is 32.4 Å². The van der Waals surface area contributed by atoms with Crippen molar-refractivity contribution in [3.63, 3.8) is 0 Å². The maximum absolute atomic E-state index is 14.6. The first-order valence-corrected chi connectivity index (χ1v) is 11.0. The van der Waals surface area contributed by atoms with Gasteiger partial charge in [0.1, 0.15) is 5.52 Å². The van der Waals surface area contributed by atoms with Gasteiger partial charge in [-0.15, -0.1) is 0 Å². The molecule has 1 aliphatic carbocycles. The van der Waals surface area contributed by atoms with Gasteiger partial charge < -0.3 is 5.73 Å². The normalized spacial score (nSPS) is 13.2. The Balaban J connectivity index is 0.000000660. The van der Waals surface area contributed by atoms with Gasteiger partial charge in [-0.3, -0.25) is 9.82 Å². The molecule has 8 heteroatoms. The zero-order valence-corrected chi connectivity index (χ0v) is 17.4. The summed E-state index contributed by atoms with van der Waals surface area (Å²) >= 11 is 0. The lowest BCUT2D eigenvalue weighted by molar-refractivity contribution is 0.600. The maximum Gasteiger partial charge on any atom is 0.235 e. The summed E-state index contributed by atoms with van der Waals surface area (Å²) in [7, 11) is -3.30. The van der Waals surface area contributed by atoms with Crippen molar-refractivity contribution in [2.24, 2.45) is 0 Å². The van der Waals surface area contributed by atoms with Crippen LogP contribution in [0.5, 0.6) is 0 Å². The number of aromatic nitrogens is 2. The van der Waals surface area contributed by atoms with Crippen LogP contribution in [-0.2, 0) is 10.0 Å². The number of H-pyrrole nitrogens is 1. The van der Waals surface area contributed by atoms with E-state index >= 15 is 0 Å². The first kappa shape index (κ1) is 21.7. The number of hydrogen-bond donors (Lipinski definition) is 3. The lowest BCUT2D eigenvalue weighted by Gasteiger charge is -2.09. The monoisotopic (exact) mass is 406 g/mol. The molecule has 0 unspecified atom stereocenters. The number of fused-ring (bicyclic) bond motifs is 1. The fraction of sp³-hybridized carbons (Fsp3) is 0.350. The topological polar surface area (TPSA) is 101 Å². The van der Waals surface area contributed by atoms with Crippen LogP contribution in [0.15, 0.2) is 36.4 Å². The summed E-state index contributed by atoms with van der Waals surface area (Å²) in [5, 5.41) is 6.63. The van der Waals surface area contributed by atoms with E-state index in [1.807, 2.05) is 27.7 Å². The molecule has 1 aliphatic rings. The predicted molar refractivity (Wildman–Crippen MR) is 114 cm³/mol. The molecular formula is C20H27FN4O2S. The molecule has 0 atom stereocenters. The Labute approximate surface area is 165 Å². The van der Waals surface area contributed by atoms with Gasteiger partial charge in [-0.2, -0.15) is 5.10 Å². The number of nitrogens with two attached hydrogens (primary N) is 1. The second-order valence-corrected chi connectivity index (χ2v) is 7.84. The van der Waals surface area contributed by atoms with Crippen molar-refractivity contribution in [1.82, 2.24) is 10.2 Å². The Morgan fingerprint density at radius 1 is 1.07 bits per heavy atom. The van der Waals surface area contributed by atoms with Gasteiger partial charge in [0.15, 0.2) is 11.6 Å². The molecule has 6 nitrogen and oxygen atoms in total. The number of aromatic amines is 1. The van der Waals surface area contributed by atoms with Crippen LogP contribution in [0, 0.1) is 5.82 Å². The Hall–Kier alpha value is -2.61. The number of hydrogen-bond acceptors (Lipinski definition) is 4. The number of rotatable bonds is 4. The first-order valence-electron chi connectivity index (χ1n) is 9.50. The smallest absolute Gasteiger partial charge is 0.235 e. The minimum atomic E-state index is -3.30. The highest BCUT2D eigenvalue weighted by molar-refractivity contribution is 7.93. The van der Waals surface area contributed by atoms with E-state index in [1.165, 1.54) is 0 Å². The van der Waals surface area contributed by atoms with Crippen LogP contribution >= 0.6 is 0 Å². The second-order valence-electron chi connectivity index (χ2n) is 5.88. The van der Waals surface area contributed by atoms with Gasteiger partial charge in [0.2, 0.25) is 10.0 Å². The van der Waals surface area contributed by atoms with Crippen molar-refractivity contribution < 1.29 is 12.8 Å². The van der Waals surface area contributed by atoms with Crippen LogP contribution in [0.4, 0.5) is 15.9 Å². The molecule has 0 amide bonds. The number of nitrogens with zero attached hydrogens (tertiary/aromatic N) is 1. The Kier molecular flexibility index (Phi) is 7.01. The van der Waals surface area contributed by atoms with Gasteiger partial charge in [0.05, 0.1) is 5.25 Å². The number of nitrogen functional groups attached to an aromatic ring is 1. The summed E-state index contributed by atoms with van der Waals surface area (Å²) in [6.07, 6.45) is 1.40. The molecule has 2 aromatic carbocycles. The number of sulfonamides is 1. The molecule has 4 rings (SSSR count). The maximum atomic E-state index is 14.6. The van der Waals surface area contributed by atoms with Gasteiger partial charge in [-0.05, 0) is 36.6 Å². The molecule has 0 bridgehead atoms. The van der Waals surface area contributed by atoms with Gasteiger partial charge in [-0.25, -0.2) is 12.8 Å². The van der Waals surface area contributed by atoms with Crippen molar-refractivity contribution in [2.45, 2.75) is 45.8 Å². The second kappa shape index (κ2) is 9.05. The third-order valence-electron chi connectivity index (χ3n) is 4.13. The molecule has 152 valence electrons. The first-order chi connectivity index (χ1) is 13.5. The average molecular weight is 407 g/mol. The lowest BCUT2D eigenvalue weighted by Crippen LogP contribution is -2.17. The van der Waals surface area contributed by atoms with Crippen LogP contribution in [0.25, 0.3) is 22.0 Å². The van der Waals surface area contributed by atoms with E-state index in [4.69, 9.17) is 5.73 Å². The molecule has 28 heavy (non-hydrogen) atoms. The van der Waals surface area contributed by atoms with Crippen LogP contribution < -0.4 is 10.5 Å². The molecule has 1 saturated carbocycles. The van der Waals surface area contributed by atoms with E-state index in [9.17, 15) is 12.8 Å². The van der Waals surface area contributed by atoms with E-state index in [0.29, 0.717) is 35.0 Å². The zero-order valence-electron chi connectivity index (χ0n) is 16.6. The van der Waals surface area contributed by atoms with Gasteiger partial charge in [0.25, 0.3) is 0 Å². The molecule has 1 heterocycles. The zero-order chi connectivity index (χ0) is 20.9. The molecule has 0 radical (unpaired) electrons. The number of benzene rings is 2. The Morgan fingerprint density at radius 2 is 1.68 bits per heavy atom. The summed E-state index contributed by atoms with van der Waals surface area (Å²) in [4.78, 5) is 0. The Bertz CT molecular complexity index is 1030. The van der Waals surface area contributed by atoms with E-state index in [1.54, 1.807) is 36.4 Å². The number of nitrogens with one attached hydrogen (secondary N) is 2. The highest BCUT2D eigenvalue weighted by Crippen LogP contribution is 2.32. The third kappa shape index (κ3) is 4.44. The van der Waals surface area contributed by atoms with E-state index in [2.05, 4.69) is 14.9 Å². The van der Waals surface area contributed by atoms with Gasteiger partial charge >= 0.3 is 0 Å². The molecular weight excluding hydrogens is 379 g/mol. The third-order valence-corrected chi connectivity index (χ3v) is 5.99. The van der Waals surface area contributed by atoms with E-state index in [-0.39, 0.29) is 16.6 Å². The van der Waals surface area contributed by atoms with Crippen molar-refractivity contribution in [2.75, 3.05) is 10.5 Å². The molecule has 0 aliphatic heterocycles. The standard InChI is InChI=1S/C16H15FN4O2S.2C2H6/c17-14-12(7-8-13-15(14)19-20-16(13)18)9-1-3-10(4-2-9)21-24(22,23)11-5-6-11;2*1-2/h1-4,7-8,11,21H,5-6H2,(H3,18,19,20);2*1-2H3. The molecule has 0 saturated heterocycles. The molecule has 1 fully saturated rings. The summed E-state index contributed by atoms with van der Waals surface area (Å²) < 4.78 is 41.0. The summed E-state index contributed by atoms with van der Waals surface area (Å²) in [6.45, 7) is 8.00. The predicted octanol–water partition coefficient (Wildman–Crippen LogP) is 4.91. The molecule has 4 N–H and O–H groups in total. The van der Waals surface area contributed by atoms with Crippen molar-refractivity contribution in [1.29, 1.82) is 0 Å². The fourth-order valence-electron chi connectivity index (χ4n) is 2.64. The lowest BCUT2D eigenvalue weighted by atomic mass is 10.0. The minimum absolute atomic E-state index is 0.250.